The molecule has 0 bridgehead atoms. The number of carbonyl (C=O) groups is 1. The number of nitrogens with zero attached hydrogens (tertiary/aromatic N) is 1. The number of allylic oxidation sites excluding steroid dienone is 3. The fourth-order valence-electron chi connectivity index (χ4n) is 4.27. The minimum atomic E-state index is -0.139. The lowest BCUT2D eigenvalue weighted by molar-refractivity contribution is 0.0835. The molecule has 3 rings (SSSR count). The first-order valence-corrected chi connectivity index (χ1v) is 11.5. The number of hydrogen-bond acceptors (Lipinski definition) is 4. The third kappa shape index (κ3) is 5.04. The fraction of sp³-hybridized carbons (Fsp3) is 0.500. The second-order valence-corrected chi connectivity index (χ2v) is 9.05. The van der Waals surface area contributed by atoms with E-state index < -0.39 is 0 Å². The van der Waals surface area contributed by atoms with E-state index in [9.17, 15) is 4.79 Å². The quantitative estimate of drug-likeness (QED) is 0.332. The van der Waals surface area contributed by atoms with Gasteiger partial charge in [-0.05, 0) is 69.7 Å². The molecule has 0 amide bonds. The number of H-pyrrole nitrogens is 1. The van der Waals surface area contributed by atoms with Crippen molar-refractivity contribution in [3.8, 4) is 5.75 Å². The molecule has 1 atom stereocenters. The summed E-state index contributed by atoms with van der Waals surface area (Å²) in [5.74, 6) is 1.17. The molecule has 0 saturated carbocycles. The Morgan fingerprint density at radius 3 is 2.52 bits per heavy atom. The summed E-state index contributed by atoms with van der Waals surface area (Å²) in [7, 11) is 0. The van der Waals surface area contributed by atoms with Gasteiger partial charge in [-0.15, -0.1) is 0 Å². The first-order chi connectivity index (χ1) is 14.7. The Morgan fingerprint density at radius 2 is 1.97 bits per heavy atom. The first-order valence-electron chi connectivity index (χ1n) is 11.5. The normalized spacial score (nSPS) is 17.6. The molecule has 5 nitrogen and oxygen atoms in total. The number of benzene rings is 1. The van der Waals surface area contributed by atoms with Crippen LogP contribution in [0.2, 0.25) is 0 Å². The van der Waals surface area contributed by atoms with Crippen molar-refractivity contribution < 1.29 is 9.53 Å². The zero-order valence-electron chi connectivity index (χ0n) is 19.6. The van der Waals surface area contributed by atoms with Crippen LogP contribution < -0.4 is 10.5 Å². The van der Waals surface area contributed by atoms with Gasteiger partial charge in [-0.25, -0.2) is 0 Å². The molecule has 0 radical (unpaired) electrons. The number of Topliss-reactive ketones (excluding diaryl/α,β-unsaturated/α-hetero) is 1. The number of aromatic amines is 1. The Balaban J connectivity index is 1.92. The van der Waals surface area contributed by atoms with E-state index in [1.54, 1.807) is 6.92 Å². The van der Waals surface area contributed by atoms with Crippen molar-refractivity contribution in [2.75, 3.05) is 13.1 Å². The molecule has 1 saturated heterocycles. The topological polar surface area (TPSA) is 71.3 Å². The number of likely N-dealkylation sites (tertiary alicyclic amines) is 1. The minimum Gasteiger partial charge on any atom is -0.490 e. The molecule has 0 spiro atoms. The van der Waals surface area contributed by atoms with Gasteiger partial charge in [0.25, 0.3) is 0 Å². The summed E-state index contributed by atoms with van der Waals surface area (Å²) >= 11 is 0. The SMILES string of the molecule is C=C/C(C(=O)c1cc2cc(OC3CCN(C(C)C)CC3)c(C(C)CC)cc2[nH]1)=C(\C)N. The molecule has 1 aromatic carbocycles. The predicted molar refractivity (Wildman–Crippen MR) is 129 cm³/mol. The molecule has 1 fully saturated rings. The lowest BCUT2D eigenvalue weighted by Crippen LogP contribution is -2.41. The van der Waals surface area contributed by atoms with Crippen LogP contribution in [0.3, 0.4) is 0 Å². The monoisotopic (exact) mass is 423 g/mol. The van der Waals surface area contributed by atoms with Gasteiger partial charge in [-0.3, -0.25) is 4.79 Å². The highest BCUT2D eigenvalue weighted by molar-refractivity contribution is 6.11. The van der Waals surface area contributed by atoms with E-state index in [1.807, 2.05) is 6.07 Å². The Bertz CT molecular complexity index is 974. The summed E-state index contributed by atoms with van der Waals surface area (Å²) in [6.07, 6.45) is 4.85. The smallest absolute Gasteiger partial charge is 0.210 e. The van der Waals surface area contributed by atoms with Gasteiger partial charge in [0.15, 0.2) is 0 Å². The average molecular weight is 424 g/mol. The summed E-state index contributed by atoms with van der Waals surface area (Å²) in [5, 5.41) is 0.975. The van der Waals surface area contributed by atoms with Gasteiger partial charge < -0.3 is 20.4 Å². The van der Waals surface area contributed by atoms with Gasteiger partial charge in [0.2, 0.25) is 5.78 Å². The number of aromatic nitrogens is 1. The lowest BCUT2D eigenvalue weighted by Gasteiger charge is -2.35. The largest absolute Gasteiger partial charge is 0.490 e. The van der Waals surface area contributed by atoms with Crippen molar-refractivity contribution in [1.29, 1.82) is 0 Å². The van der Waals surface area contributed by atoms with Gasteiger partial charge in [-0.2, -0.15) is 0 Å². The van der Waals surface area contributed by atoms with Crippen LogP contribution in [0, 0.1) is 0 Å². The number of nitrogens with one attached hydrogen (secondary N) is 1. The minimum absolute atomic E-state index is 0.139. The van der Waals surface area contributed by atoms with Crippen LogP contribution >= 0.6 is 0 Å². The van der Waals surface area contributed by atoms with Crippen LogP contribution in [0.15, 0.2) is 42.1 Å². The van der Waals surface area contributed by atoms with Gasteiger partial charge >= 0.3 is 0 Å². The molecule has 1 aliphatic heterocycles. The van der Waals surface area contributed by atoms with Crippen molar-refractivity contribution in [2.24, 2.45) is 5.73 Å². The van der Waals surface area contributed by atoms with Crippen LogP contribution in [0.1, 0.15) is 75.9 Å². The highest BCUT2D eigenvalue weighted by Gasteiger charge is 2.24. The Morgan fingerprint density at radius 1 is 1.29 bits per heavy atom. The third-order valence-electron chi connectivity index (χ3n) is 6.51. The van der Waals surface area contributed by atoms with E-state index in [4.69, 9.17) is 10.5 Å². The van der Waals surface area contributed by atoms with Crippen molar-refractivity contribution in [3.05, 3.63) is 53.4 Å². The molecular formula is C26H37N3O2. The third-order valence-corrected chi connectivity index (χ3v) is 6.51. The van der Waals surface area contributed by atoms with Crippen molar-refractivity contribution in [3.63, 3.8) is 0 Å². The number of carbonyl (C=O) groups excluding carboxylic acids is 1. The highest BCUT2D eigenvalue weighted by Crippen LogP contribution is 2.35. The van der Waals surface area contributed by atoms with Crippen LogP contribution in [-0.4, -0.2) is 40.9 Å². The maximum Gasteiger partial charge on any atom is 0.210 e. The van der Waals surface area contributed by atoms with Crippen molar-refractivity contribution in [1.82, 2.24) is 9.88 Å². The molecule has 2 aromatic rings. The van der Waals surface area contributed by atoms with Gasteiger partial charge in [0.1, 0.15) is 11.9 Å². The number of piperidine rings is 1. The van der Waals surface area contributed by atoms with Crippen LogP contribution in [-0.2, 0) is 0 Å². The lowest BCUT2D eigenvalue weighted by atomic mass is 9.96. The molecule has 1 unspecified atom stereocenters. The average Bonchev–Trinajstić information content (AvgIpc) is 3.16. The van der Waals surface area contributed by atoms with Gasteiger partial charge in [0.05, 0.1) is 5.69 Å². The summed E-state index contributed by atoms with van der Waals surface area (Å²) in [4.78, 5) is 18.7. The van der Waals surface area contributed by atoms with E-state index in [2.05, 4.69) is 56.3 Å². The number of ether oxygens (including phenoxy) is 1. The zero-order valence-corrected chi connectivity index (χ0v) is 19.6. The van der Waals surface area contributed by atoms with E-state index in [-0.39, 0.29) is 11.9 Å². The van der Waals surface area contributed by atoms with Crippen LogP contribution in [0.25, 0.3) is 10.9 Å². The molecule has 1 aliphatic rings. The van der Waals surface area contributed by atoms with Gasteiger partial charge in [-0.1, -0.05) is 26.5 Å². The van der Waals surface area contributed by atoms with Crippen LogP contribution in [0.4, 0.5) is 0 Å². The second-order valence-electron chi connectivity index (χ2n) is 9.05. The summed E-state index contributed by atoms with van der Waals surface area (Å²) in [5.41, 5.74) is 9.42. The number of ketones is 1. The molecule has 168 valence electrons. The second kappa shape index (κ2) is 9.73. The molecule has 5 heteroatoms. The maximum absolute atomic E-state index is 12.9. The van der Waals surface area contributed by atoms with Crippen molar-refractivity contribution >= 4 is 16.7 Å². The standard InChI is InChI=1S/C26H37N3O2/c1-7-17(5)22-15-23-19(13-24(28-23)26(30)21(8-2)18(6)27)14-25(22)31-20-9-11-29(12-10-20)16(3)4/h8,13-17,20,28H,2,7,9-12,27H2,1,3-6H3/b21-18-. The van der Waals surface area contributed by atoms with E-state index in [0.29, 0.717) is 28.9 Å². The van der Waals surface area contributed by atoms with Gasteiger partial charge in [0, 0.05) is 41.3 Å². The molecule has 3 N–H and O–H groups in total. The molecule has 0 aliphatic carbocycles. The molecule has 31 heavy (non-hydrogen) atoms. The molecular weight excluding hydrogens is 386 g/mol. The number of fused-ring (bicyclic) bond motifs is 1. The molecule has 1 aromatic heterocycles. The molecule has 2 heterocycles. The predicted octanol–water partition coefficient (Wildman–Crippen LogP) is 5.53. The highest BCUT2D eigenvalue weighted by atomic mass is 16.5. The van der Waals surface area contributed by atoms with E-state index in [0.717, 1.165) is 49.0 Å². The first kappa shape index (κ1) is 23.1. The summed E-state index contributed by atoms with van der Waals surface area (Å²) in [6.45, 7) is 16.5. The zero-order chi connectivity index (χ0) is 22.7. The van der Waals surface area contributed by atoms with E-state index >= 15 is 0 Å². The van der Waals surface area contributed by atoms with Crippen molar-refractivity contribution in [2.45, 2.75) is 71.9 Å². The summed E-state index contributed by atoms with van der Waals surface area (Å²) < 4.78 is 6.55. The number of rotatable bonds is 8. The summed E-state index contributed by atoms with van der Waals surface area (Å²) in [6, 6.07) is 6.70. The van der Waals surface area contributed by atoms with E-state index in [1.165, 1.54) is 11.6 Å². The number of nitrogens with two attached hydrogens (primary N) is 1. The Labute approximate surface area is 186 Å². The fourth-order valence-corrected chi connectivity index (χ4v) is 4.27. The maximum atomic E-state index is 12.9. The Hall–Kier alpha value is -2.53. The Kier molecular flexibility index (Phi) is 7.26. The van der Waals surface area contributed by atoms with Crippen LogP contribution in [0.5, 0.6) is 5.75 Å². The number of hydrogen-bond donors (Lipinski definition) is 2.